The predicted molar refractivity (Wildman–Crippen MR) is 95.3 cm³/mol. The average Bonchev–Trinajstić information content (AvgIpc) is 2.53. The molecule has 0 fully saturated rings. The van der Waals surface area contributed by atoms with Gasteiger partial charge in [0.1, 0.15) is 5.60 Å². The molecule has 1 atom stereocenters. The van der Waals surface area contributed by atoms with Gasteiger partial charge in [0.05, 0.1) is 17.4 Å². The van der Waals surface area contributed by atoms with Gasteiger partial charge in [0.25, 0.3) is 0 Å². The molecule has 0 amide bonds. The number of rotatable bonds is 6. The molecule has 1 heterocycles. The molecule has 0 bridgehead atoms. The van der Waals surface area contributed by atoms with E-state index < -0.39 is 11.6 Å². The number of nitrogens with one attached hydrogen (secondary N) is 1. The van der Waals surface area contributed by atoms with E-state index in [1.165, 1.54) is 18.5 Å². The standard InChI is InChI=1S/C18H21ClN2O3/c1-3-15-13(9-12(2)19)5-4-7-18(15,24)11-21-16-10-20-8-6-14(16)17(22)23/h3,6,8-10,21,24H,1,4-5,7,11H2,2H3,(H,22,23)/b12-9+. The molecule has 1 aromatic rings. The topological polar surface area (TPSA) is 82.5 Å². The second-order valence-electron chi connectivity index (χ2n) is 5.84. The number of halogens is 1. The van der Waals surface area contributed by atoms with E-state index in [-0.39, 0.29) is 12.1 Å². The van der Waals surface area contributed by atoms with Gasteiger partial charge in [-0.25, -0.2) is 4.79 Å². The third-order valence-corrected chi connectivity index (χ3v) is 4.19. The van der Waals surface area contributed by atoms with E-state index in [1.807, 2.05) is 6.08 Å². The van der Waals surface area contributed by atoms with Crippen molar-refractivity contribution in [3.8, 4) is 0 Å². The Balaban J connectivity index is 2.29. The Labute approximate surface area is 146 Å². The zero-order valence-corrected chi connectivity index (χ0v) is 14.3. The Kier molecular flexibility index (Phi) is 5.80. The molecule has 2 rings (SSSR count). The minimum atomic E-state index is -1.14. The first-order chi connectivity index (χ1) is 11.4. The first kappa shape index (κ1) is 18.2. The number of aromatic nitrogens is 1. The number of aliphatic hydroxyl groups is 1. The molecule has 0 aromatic carbocycles. The maximum atomic E-state index is 11.3. The van der Waals surface area contributed by atoms with Crippen LogP contribution in [-0.2, 0) is 0 Å². The van der Waals surface area contributed by atoms with Gasteiger partial charge in [-0.05, 0) is 49.5 Å². The van der Waals surface area contributed by atoms with Crippen molar-refractivity contribution in [1.29, 1.82) is 0 Å². The predicted octanol–water partition coefficient (Wildman–Crippen LogP) is 3.73. The van der Waals surface area contributed by atoms with Crippen molar-refractivity contribution in [1.82, 2.24) is 4.98 Å². The number of hydrogen-bond acceptors (Lipinski definition) is 4. The minimum Gasteiger partial charge on any atom is -0.478 e. The lowest BCUT2D eigenvalue weighted by Crippen LogP contribution is -2.41. The molecular formula is C18H21ClN2O3. The molecule has 6 heteroatoms. The number of carboxylic acid groups (broad SMARTS) is 1. The fourth-order valence-corrected chi connectivity index (χ4v) is 3.13. The fraction of sp³-hybridized carbons (Fsp3) is 0.333. The summed E-state index contributed by atoms with van der Waals surface area (Å²) in [5.41, 5.74) is 1.03. The Morgan fingerprint density at radius 1 is 1.58 bits per heavy atom. The SMILES string of the molecule is C=CC1=C(/C=C(\C)Cl)CCCC1(O)CNc1cnccc1C(=O)O. The summed E-state index contributed by atoms with van der Waals surface area (Å²) in [7, 11) is 0. The normalized spacial score (nSPS) is 21.5. The molecule has 0 radical (unpaired) electrons. The Morgan fingerprint density at radius 2 is 2.33 bits per heavy atom. The van der Waals surface area contributed by atoms with Gasteiger partial charge in [-0.3, -0.25) is 4.98 Å². The monoisotopic (exact) mass is 348 g/mol. The van der Waals surface area contributed by atoms with Crippen LogP contribution in [0.3, 0.4) is 0 Å². The number of pyridine rings is 1. The highest BCUT2D eigenvalue weighted by Gasteiger charge is 2.34. The summed E-state index contributed by atoms with van der Waals surface area (Å²) in [5.74, 6) is -1.04. The van der Waals surface area contributed by atoms with Gasteiger partial charge in [0.2, 0.25) is 0 Å². The summed E-state index contributed by atoms with van der Waals surface area (Å²) in [6.07, 6.45) is 8.54. The van der Waals surface area contributed by atoms with E-state index in [0.717, 1.165) is 24.0 Å². The van der Waals surface area contributed by atoms with E-state index in [0.29, 0.717) is 17.1 Å². The summed E-state index contributed by atoms with van der Waals surface area (Å²) >= 11 is 5.98. The lowest BCUT2D eigenvalue weighted by molar-refractivity contribution is 0.0693. The molecule has 1 unspecified atom stereocenters. The lowest BCUT2D eigenvalue weighted by Gasteiger charge is -2.35. The van der Waals surface area contributed by atoms with Gasteiger partial charge >= 0.3 is 5.97 Å². The highest BCUT2D eigenvalue weighted by molar-refractivity contribution is 6.29. The fourth-order valence-electron chi connectivity index (χ4n) is 3.00. The number of aromatic carboxylic acids is 1. The summed E-state index contributed by atoms with van der Waals surface area (Å²) in [5, 5.41) is 24.0. The van der Waals surface area contributed by atoms with Crippen LogP contribution in [-0.4, -0.2) is 33.3 Å². The first-order valence-electron chi connectivity index (χ1n) is 7.71. The van der Waals surface area contributed by atoms with E-state index in [4.69, 9.17) is 11.6 Å². The van der Waals surface area contributed by atoms with Gasteiger partial charge in [0.15, 0.2) is 0 Å². The van der Waals surface area contributed by atoms with Crippen LogP contribution in [0.15, 0.2) is 53.4 Å². The number of anilines is 1. The Bertz CT molecular complexity index is 708. The lowest BCUT2D eigenvalue weighted by atomic mass is 9.78. The quantitative estimate of drug-likeness (QED) is 0.729. The first-order valence-corrected chi connectivity index (χ1v) is 8.08. The van der Waals surface area contributed by atoms with E-state index in [2.05, 4.69) is 16.9 Å². The van der Waals surface area contributed by atoms with Crippen LogP contribution < -0.4 is 5.32 Å². The van der Waals surface area contributed by atoms with Crippen LogP contribution in [0.25, 0.3) is 0 Å². The summed E-state index contributed by atoms with van der Waals surface area (Å²) in [6, 6.07) is 1.42. The molecule has 128 valence electrons. The zero-order chi connectivity index (χ0) is 17.7. The largest absolute Gasteiger partial charge is 0.478 e. The third kappa shape index (κ3) is 4.04. The van der Waals surface area contributed by atoms with Crippen molar-refractivity contribution in [2.45, 2.75) is 31.8 Å². The number of carboxylic acids is 1. The van der Waals surface area contributed by atoms with Gasteiger partial charge in [-0.2, -0.15) is 0 Å². The number of carbonyl (C=O) groups is 1. The smallest absolute Gasteiger partial charge is 0.337 e. The van der Waals surface area contributed by atoms with Crippen molar-refractivity contribution in [3.05, 3.63) is 58.9 Å². The maximum Gasteiger partial charge on any atom is 0.337 e. The van der Waals surface area contributed by atoms with Crippen molar-refractivity contribution >= 4 is 23.3 Å². The Morgan fingerprint density at radius 3 is 2.96 bits per heavy atom. The van der Waals surface area contributed by atoms with Crippen molar-refractivity contribution in [2.75, 3.05) is 11.9 Å². The van der Waals surface area contributed by atoms with Crippen molar-refractivity contribution in [3.63, 3.8) is 0 Å². The molecule has 1 aliphatic carbocycles. The van der Waals surface area contributed by atoms with E-state index >= 15 is 0 Å². The summed E-state index contributed by atoms with van der Waals surface area (Å²) in [4.78, 5) is 15.2. The molecule has 24 heavy (non-hydrogen) atoms. The summed E-state index contributed by atoms with van der Waals surface area (Å²) < 4.78 is 0. The Hall–Kier alpha value is -2.11. The molecule has 0 saturated carbocycles. The molecule has 1 aliphatic rings. The average molecular weight is 349 g/mol. The third-order valence-electron chi connectivity index (χ3n) is 4.08. The van der Waals surface area contributed by atoms with Crippen LogP contribution in [0.5, 0.6) is 0 Å². The van der Waals surface area contributed by atoms with Crippen LogP contribution in [0.4, 0.5) is 5.69 Å². The highest BCUT2D eigenvalue weighted by Crippen LogP contribution is 2.36. The highest BCUT2D eigenvalue weighted by atomic mass is 35.5. The number of hydrogen-bond donors (Lipinski definition) is 3. The van der Waals surface area contributed by atoms with Gasteiger partial charge in [-0.1, -0.05) is 24.3 Å². The summed E-state index contributed by atoms with van der Waals surface area (Å²) in [6.45, 7) is 5.77. The molecule has 0 saturated heterocycles. The van der Waals surface area contributed by atoms with Crippen molar-refractivity contribution < 1.29 is 15.0 Å². The van der Waals surface area contributed by atoms with Crippen LogP contribution in [0.2, 0.25) is 0 Å². The van der Waals surface area contributed by atoms with Crippen LogP contribution in [0.1, 0.15) is 36.5 Å². The van der Waals surface area contributed by atoms with Crippen molar-refractivity contribution in [2.24, 2.45) is 0 Å². The van der Waals surface area contributed by atoms with E-state index in [9.17, 15) is 15.0 Å². The molecule has 0 spiro atoms. The molecule has 3 N–H and O–H groups in total. The molecule has 0 aliphatic heterocycles. The maximum absolute atomic E-state index is 11.3. The zero-order valence-electron chi connectivity index (χ0n) is 13.6. The van der Waals surface area contributed by atoms with E-state index in [1.54, 1.807) is 13.0 Å². The molecular weight excluding hydrogens is 328 g/mol. The van der Waals surface area contributed by atoms with Gasteiger partial charge in [0, 0.05) is 17.8 Å². The van der Waals surface area contributed by atoms with Crippen LogP contribution >= 0.6 is 11.6 Å². The molecule has 1 aromatic heterocycles. The van der Waals surface area contributed by atoms with Gasteiger partial charge in [-0.15, -0.1) is 0 Å². The van der Waals surface area contributed by atoms with Crippen LogP contribution in [0, 0.1) is 0 Å². The number of allylic oxidation sites excluding steroid dienone is 3. The second kappa shape index (κ2) is 7.64. The molecule has 5 nitrogen and oxygen atoms in total. The number of nitrogens with zero attached hydrogens (tertiary/aromatic N) is 1. The minimum absolute atomic E-state index is 0.116. The second-order valence-corrected chi connectivity index (χ2v) is 6.44. The van der Waals surface area contributed by atoms with Gasteiger partial charge < -0.3 is 15.5 Å².